The summed E-state index contributed by atoms with van der Waals surface area (Å²) in [5.41, 5.74) is 1.06. The van der Waals surface area contributed by atoms with Crippen LogP contribution < -0.4 is 5.56 Å². The highest BCUT2D eigenvalue weighted by atomic mass is 16.3. The van der Waals surface area contributed by atoms with Gasteiger partial charge in [0.1, 0.15) is 5.75 Å². The van der Waals surface area contributed by atoms with Crippen LogP contribution in [0.3, 0.4) is 0 Å². The van der Waals surface area contributed by atoms with Crippen molar-refractivity contribution in [3.8, 4) is 5.75 Å². The zero-order valence-corrected chi connectivity index (χ0v) is 11.3. The van der Waals surface area contributed by atoms with Gasteiger partial charge in [-0.2, -0.15) is 0 Å². The molecule has 3 heteroatoms. The van der Waals surface area contributed by atoms with Crippen molar-refractivity contribution in [2.75, 3.05) is 0 Å². The SMILES string of the molecule is CCCCCc1cccc(=O)[nH]1.Oc1ccccc1. The van der Waals surface area contributed by atoms with Gasteiger partial charge in [0.15, 0.2) is 0 Å². The molecule has 19 heavy (non-hydrogen) atoms. The van der Waals surface area contributed by atoms with Gasteiger partial charge in [-0.05, 0) is 31.0 Å². The van der Waals surface area contributed by atoms with E-state index in [9.17, 15) is 4.79 Å². The molecule has 0 unspecified atom stereocenters. The Morgan fingerprint density at radius 3 is 2.26 bits per heavy atom. The highest BCUT2D eigenvalue weighted by Gasteiger charge is 1.92. The van der Waals surface area contributed by atoms with Gasteiger partial charge in [0.05, 0.1) is 0 Å². The van der Waals surface area contributed by atoms with Crippen molar-refractivity contribution in [1.29, 1.82) is 0 Å². The fourth-order valence-electron chi connectivity index (χ4n) is 1.63. The van der Waals surface area contributed by atoms with Gasteiger partial charge in [0.2, 0.25) is 5.56 Å². The molecule has 3 nitrogen and oxygen atoms in total. The van der Waals surface area contributed by atoms with E-state index >= 15 is 0 Å². The number of hydrogen-bond donors (Lipinski definition) is 2. The van der Waals surface area contributed by atoms with E-state index in [1.54, 1.807) is 36.4 Å². The maximum absolute atomic E-state index is 10.9. The Kier molecular flexibility index (Phi) is 7.10. The van der Waals surface area contributed by atoms with Gasteiger partial charge in [0.25, 0.3) is 0 Å². The summed E-state index contributed by atoms with van der Waals surface area (Å²) in [5.74, 6) is 0.322. The van der Waals surface area contributed by atoms with Crippen LogP contribution in [0.2, 0.25) is 0 Å². The zero-order chi connectivity index (χ0) is 13.9. The third-order valence-corrected chi connectivity index (χ3v) is 2.63. The van der Waals surface area contributed by atoms with Crippen LogP contribution in [0.15, 0.2) is 53.3 Å². The minimum atomic E-state index is 0.00370. The molecule has 0 radical (unpaired) electrons. The number of para-hydroxylation sites is 1. The van der Waals surface area contributed by atoms with E-state index in [4.69, 9.17) is 5.11 Å². The molecule has 0 amide bonds. The maximum Gasteiger partial charge on any atom is 0.248 e. The van der Waals surface area contributed by atoms with Crippen LogP contribution in [0, 0.1) is 0 Å². The Bertz CT molecular complexity index is 505. The molecule has 2 aromatic rings. The van der Waals surface area contributed by atoms with E-state index in [0.717, 1.165) is 18.5 Å². The van der Waals surface area contributed by atoms with Gasteiger partial charge in [0, 0.05) is 11.8 Å². The third-order valence-electron chi connectivity index (χ3n) is 2.63. The molecule has 0 fully saturated rings. The molecule has 0 saturated heterocycles. The number of phenolic OH excluding ortho intramolecular Hbond substituents is 1. The van der Waals surface area contributed by atoms with Gasteiger partial charge in [-0.25, -0.2) is 0 Å². The summed E-state index contributed by atoms with van der Waals surface area (Å²) in [6, 6.07) is 14.0. The summed E-state index contributed by atoms with van der Waals surface area (Å²) < 4.78 is 0. The molecule has 0 spiro atoms. The molecule has 0 aliphatic rings. The van der Waals surface area contributed by atoms with Crippen LogP contribution in [0.25, 0.3) is 0 Å². The number of aromatic amines is 1. The predicted octanol–water partition coefficient (Wildman–Crippen LogP) is 3.50. The summed E-state index contributed by atoms with van der Waals surface area (Å²) in [6.07, 6.45) is 4.61. The number of H-pyrrole nitrogens is 1. The number of hydrogen-bond acceptors (Lipinski definition) is 2. The predicted molar refractivity (Wildman–Crippen MR) is 78.4 cm³/mol. The Balaban J connectivity index is 0.000000218. The lowest BCUT2D eigenvalue weighted by Gasteiger charge is -1.98. The molecule has 0 atom stereocenters. The summed E-state index contributed by atoms with van der Waals surface area (Å²) in [4.78, 5) is 13.7. The lowest BCUT2D eigenvalue weighted by molar-refractivity contribution is 0.475. The zero-order valence-electron chi connectivity index (χ0n) is 11.3. The molecule has 102 valence electrons. The van der Waals surface area contributed by atoms with Crippen LogP contribution in [0.5, 0.6) is 5.75 Å². The number of benzene rings is 1. The van der Waals surface area contributed by atoms with Crippen LogP contribution >= 0.6 is 0 Å². The summed E-state index contributed by atoms with van der Waals surface area (Å²) in [6.45, 7) is 2.17. The Morgan fingerprint density at radius 2 is 1.74 bits per heavy atom. The molecule has 2 N–H and O–H groups in total. The van der Waals surface area contributed by atoms with E-state index in [-0.39, 0.29) is 5.56 Å². The van der Waals surface area contributed by atoms with Crippen molar-refractivity contribution in [1.82, 2.24) is 4.98 Å². The van der Waals surface area contributed by atoms with Crippen molar-refractivity contribution in [3.63, 3.8) is 0 Å². The number of phenols is 1. The van der Waals surface area contributed by atoms with Crippen LogP contribution in [0.1, 0.15) is 31.9 Å². The number of unbranched alkanes of at least 4 members (excludes halogenated alkanes) is 2. The lowest BCUT2D eigenvalue weighted by atomic mass is 10.1. The third kappa shape index (κ3) is 7.09. The monoisotopic (exact) mass is 259 g/mol. The number of pyridine rings is 1. The number of nitrogens with one attached hydrogen (secondary N) is 1. The average Bonchev–Trinajstić information content (AvgIpc) is 2.41. The largest absolute Gasteiger partial charge is 0.508 e. The van der Waals surface area contributed by atoms with E-state index < -0.39 is 0 Å². The minimum Gasteiger partial charge on any atom is -0.508 e. The van der Waals surface area contributed by atoms with Crippen LogP contribution in [-0.4, -0.2) is 10.1 Å². The van der Waals surface area contributed by atoms with Gasteiger partial charge < -0.3 is 10.1 Å². The van der Waals surface area contributed by atoms with Crippen molar-refractivity contribution in [3.05, 3.63) is 64.6 Å². The van der Waals surface area contributed by atoms with Gasteiger partial charge in [-0.1, -0.05) is 44.0 Å². The lowest BCUT2D eigenvalue weighted by Crippen LogP contribution is -2.05. The Labute approximate surface area is 113 Å². The van der Waals surface area contributed by atoms with Crippen LogP contribution in [-0.2, 0) is 6.42 Å². The number of aromatic hydroxyl groups is 1. The molecule has 1 aromatic heterocycles. The molecule has 0 aliphatic carbocycles. The van der Waals surface area contributed by atoms with Gasteiger partial charge in [-0.3, -0.25) is 4.79 Å². The number of aryl methyl sites for hydroxylation is 1. The fourth-order valence-corrected chi connectivity index (χ4v) is 1.63. The first kappa shape index (κ1) is 15.0. The highest BCUT2D eigenvalue weighted by molar-refractivity contribution is 5.18. The molecule has 0 saturated carbocycles. The Hall–Kier alpha value is -2.03. The van der Waals surface area contributed by atoms with Gasteiger partial charge in [-0.15, -0.1) is 0 Å². The fraction of sp³-hybridized carbons (Fsp3) is 0.312. The Morgan fingerprint density at radius 1 is 1.00 bits per heavy atom. The number of aromatic nitrogens is 1. The molecule has 0 bridgehead atoms. The first-order valence-corrected chi connectivity index (χ1v) is 6.64. The standard InChI is InChI=1S/C10H15NO.C6H6O/c1-2-3-4-6-9-7-5-8-10(12)11-9;7-6-4-2-1-3-5-6/h5,7-8H,2-4,6H2,1H3,(H,11,12);1-5,7H. The van der Waals surface area contributed by atoms with E-state index in [1.165, 1.54) is 12.8 Å². The van der Waals surface area contributed by atoms with E-state index in [1.807, 2.05) is 12.1 Å². The summed E-state index contributed by atoms with van der Waals surface area (Å²) in [7, 11) is 0. The van der Waals surface area contributed by atoms with Crippen molar-refractivity contribution in [2.45, 2.75) is 32.6 Å². The van der Waals surface area contributed by atoms with Crippen molar-refractivity contribution >= 4 is 0 Å². The molecule has 2 rings (SSSR count). The van der Waals surface area contributed by atoms with Gasteiger partial charge >= 0.3 is 0 Å². The summed E-state index contributed by atoms with van der Waals surface area (Å²) >= 11 is 0. The average molecular weight is 259 g/mol. The molecular formula is C16H21NO2. The minimum absolute atomic E-state index is 0.00370. The van der Waals surface area contributed by atoms with Crippen molar-refractivity contribution < 1.29 is 5.11 Å². The quantitative estimate of drug-likeness (QED) is 0.826. The van der Waals surface area contributed by atoms with E-state index in [2.05, 4.69) is 11.9 Å². The maximum atomic E-state index is 10.9. The normalized spacial score (nSPS) is 9.53. The topological polar surface area (TPSA) is 53.1 Å². The first-order valence-electron chi connectivity index (χ1n) is 6.64. The molecule has 1 heterocycles. The smallest absolute Gasteiger partial charge is 0.248 e. The number of rotatable bonds is 4. The van der Waals surface area contributed by atoms with E-state index in [0.29, 0.717) is 5.75 Å². The highest BCUT2D eigenvalue weighted by Crippen LogP contribution is 2.03. The second kappa shape index (κ2) is 8.97. The molecular weight excluding hydrogens is 238 g/mol. The molecule has 0 aliphatic heterocycles. The van der Waals surface area contributed by atoms with Crippen molar-refractivity contribution in [2.24, 2.45) is 0 Å². The second-order valence-electron chi connectivity index (χ2n) is 4.33. The second-order valence-corrected chi connectivity index (χ2v) is 4.33. The summed E-state index contributed by atoms with van der Waals surface area (Å²) in [5, 5.41) is 8.63. The first-order chi connectivity index (χ1) is 9.22. The molecule has 1 aromatic carbocycles. The van der Waals surface area contributed by atoms with Crippen LogP contribution in [0.4, 0.5) is 0 Å².